The molecular formula is C11H16N4OS. The fourth-order valence-electron chi connectivity index (χ4n) is 1.42. The highest BCUT2D eigenvalue weighted by atomic mass is 32.1. The number of rotatable bonds is 4. The van der Waals surface area contributed by atoms with Gasteiger partial charge in [0.1, 0.15) is 10.6 Å². The molecule has 0 aromatic carbocycles. The van der Waals surface area contributed by atoms with Gasteiger partial charge < -0.3 is 15.7 Å². The van der Waals surface area contributed by atoms with E-state index in [1.54, 1.807) is 18.4 Å². The maximum absolute atomic E-state index is 9.29. The minimum Gasteiger partial charge on any atom is -0.394 e. The van der Waals surface area contributed by atoms with Crippen molar-refractivity contribution in [2.24, 2.45) is 0 Å². The van der Waals surface area contributed by atoms with E-state index in [1.807, 2.05) is 25.3 Å². The van der Waals surface area contributed by atoms with Crippen molar-refractivity contribution in [2.75, 3.05) is 24.3 Å². The van der Waals surface area contributed by atoms with E-state index in [2.05, 4.69) is 20.6 Å². The first-order chi connectivity index (χ1) is 8.05. The van der Waals surface area contributed by atoms with Crippen molar-refractivity contribution in [1.29, 1.82) is 0 Å². The number of hydrogen-bond donors (Lipinski definition) is 3. The standard InChI is InChI=1S/C11H16N4OS/c1-11(2,6-16)15-8-7-4-5-17-9(7)14-10(12-3)13-8/h4-5,16H,6H2,1-3H3,(H2,12,13,14,15). The average Bonchev–Trinajstić information content (AvgIpc) is 2.76. The normalized spacial score (nSPS) is 11.8. The van der Waals surface area contributed by atoms with E-state index >= 15 is 0 Å². The highest BCUT2D eigenvalue weighted by Gasteiger charge is 2.19. The molecule has 6 heteroatoms. The van der Waals surface area contributed by atoms with Gasteiger partial charge in [0.2, 0.25) is 5.95 Å². The Morgan fingerprint density at radius 3 is 2.82 bits per heavy atom. The second-order valence-corrected chi connectivity index (χ2v) is 5.35. The molecule has 0 amide bonds. The van der Waals surface area contributed by atoms with Gasteiger partial charge in [0.15, 0.2) is 0 Å². The molecule has 0 bridgehead atoms. The van der Waals surface area contributed by atoms with Crippen LogP contribution in [0.15, 0.2) is 11.4 Å². The SMILES string of the molecule is CNc1nc(NC(C)(C)CO)c2ccsc2n1. The van der Waals surface area contributed by atoms with E-state index in [4.69, 9.17) is 0 Å². The number of nitrogens with one attached hydrogen (secondary N) is 2. The van der Waals surface area contributed by atoms with Gasteiger partial charge in [-0.05, 0) is 25.3 Å². The lowest BCUT2D eigenvalue weighted by Crippen LogP contribution is -2.35. The molecule has 0 aliphatic carbocycles. The van der Waals surface area contributed by atoms with E-state index in [9.17, 15) is 5.11 Å². The van der Waals surface area contributed by atoms with Crippen molar-refractivity contribution in [3.05, 3.63) is 11.4 Å². The highest BCUT2D eigenvalue weighted by Crippen LogP contribution is 2.28. The van der Waals surface area contributed by atoms with Crippen LogP contribution in [-0.2, 0) is 0 Å². The first-order valence-electron chi connectivity index (χ1n) is 5.38. The van der Waals surface area contributed by atoms with Crippen LogP contribution in [0, 0.1) is 0 Å². The van der Waals surface area contributed by atoms with E-state index in [0.29, 0.717) is 5.95 Å². The van der Waals surface area contributed by atoms with Gasteiger partial charge in [0, 0.05) is 7.05 Å². The Balaban J connectivity index is 2.47. The Labute approximate surface area is 104 Å². The van der Waals surface area contributed by atoms with Crippen LogP contribution >= 0.6 is 11.3 Å². The van der Waals surface area contributed by atoms with Crippen LogP contribution in [0.25, 0.3) is 10.2 Å². The molecule has 0 unspecified atom stereocenters. The van der Waals surface area contributed by atoms with Gasteiger partial charge in [-0.15, -0.1) is 11.3 Å². The smallest absolute Gasteiger partial charge is 0.225 e. The van der Waals surface area contributed by atoms with Crippen molar-refractivity contribution in [3.8, 4) is 0 Å². The van der Waals surface area contributed by atoms with E-state index < -0.39 is 5.54 Å². The van der Waals surface area contributed by atoms with Crippen molar-refractivity contribution in [2.45, 2.75) is 19.4 Å². The number of anilines is 2. The minimum atomic E-state index is -0.409. The molecule has 0 radical (unpaired) electrons. The fraction of sp³-hybridized carbons (Fsp3) is 0.455. The molecule has 0 saturated carbocycles. The number of fused-ring (bicyclic) bond motifs is 1. The Morgan fingerprint density at radius 1 is 1.41 bits per heavy atom. The summed E-state index contributed by atoms with van der Waals surface area (Å²) in [6.07, 6.45) is 0. The summed E-state index contributed by atoms with van der Waals surface area (Å²) in [6, 6.07) is 1.98. The molecule has 0 aliphatic rings. The average molecular weight is 252 g/mol. The number of hydrogen-bond acceptors (Lipinski definition) is 6. The molecule has 3 N–H and O–H groups in total. The quantitative estimate of drug-likeness (QED) is 0.775. The summed E-state index contributed by atoms with van der Waals surface area (Å²) in [5, 5.41) is 18.4. The van der Waals surface area contributed by atoms with E-state index in [0.717, 1.165) is 16.0 Å². The largest absolute Gasteiger partial charge is 0.394 e. The molecule has 2 aromatic rings. The summed E-state index contributed by atoms with van der Waals surface area (Å²) >= 11 is 1.57. The third-order valence-corrected chi connectivity index (χ3v) is 3.21. The van der Waals surface area contributed by atoms with Gasteiger partial charge in [-0.3, -0.25) is 0 Å². The summed E-state index contributed by atoms with van der Waals surface area (Å²) in [7, 11) is 1.79. The number of aliphatic hydroxyl groups is 1. The molecular weight excluding hydrogens is 236 g/mol. The van der Waals surface area contributed by atoms with Gasteiger partial charge in [-0.2, -0.15) is 4.98 Å². The molecule has 0 spiro atoms. The first kappa shape index (κ1) is 12.1. The van der Waals surface area contributed by atoms with Crippen LogP contribution in [-0.4, -0.2) is 34.3 Å². The third-order valence-electron chi connectivity index (χ3n) is 2.40. The maximum Gasteiger partial charge on any atom is 0.225 e. The molecule has 0 aliphatic heterocycles. The lowest BCUT2D eigenvalue weighted by molar-refractivity contribution is 0.234. The molecule has 17 heavy (non-hydrogen) atoms. The van der Waals surface area contributed by atoms with E-state index in [1.165, 1.54) is 0 Å². The molecule has 0 fully saturated rings. The summed E-state index contributed by atoms with van der Waals surface area (Å²) < 4.78 is 0. The van der Waals surface area contributed by atoms with Crippen molar-refractivity contribution in [1.82, 2.24) is 9.97 Å². The van der Waals surface area contributed by atoms with Gasteiger partial charge in [0.05, 0.1) is 17.5 Å². The topological polar surface area (TPSA) is 70.1 Å². The van der Waals surface area contributed by atoms with Crippen LogP contribution in [0.5, 0.6) is 0 Å². The van der Waals surface area contributed by atoms with Crippen LogP contribution in [0.3, 0.4) is 0 Å². The zero-order valence-electron chi connectivity index (χ0n) is 10.1. The molecule has 0 saturated heterocycles. The molecule has 0 atom stereocenters. The number of aromatic nitrogens is 2. The summed E-state index contributed by atoms with van der Waals surface area (Å²) in [5.74, 6) is 1.33. The lowest BCUT2D eigenvalue weighted by atomic mass is 10.1. The third kappa shape index (κ3) is 2.48. The van der Waals surface area contributed by atoms with Gasteiger partial charge in [-0.1, -0.05) is 0 Å². The Bertz CT molecular complexity index is 523. The molecule has 5 nitrogen and oxygen atoms in total. The second-order valence-electron chi connectivity index (χ2n) is 4.45. The number of thiophene rings is 1. The molecule has 2 heterocycles. The van der Waals surface area contributed by atoms with Crippen LogP contribution in [0.4, 0.5) is 11.8 Å². The van der Waals surface area contributed by atoms with Crippen LogP contribution in [0.2, 0.25) is 0 Å². The molecule has 2 rings (SSSR count). The zero-order valence-corrected chi connectivity index (χ0v) is 10.9. The molecule has 2 aromatic heterocycles. The summed E-state index contributed by atoms with van der Waals surface area (Å²) in [5.41, 5.74) is -0.409. The monoisotopic (exact) mass is 252 g/mol. The highest BCUT2D eigenvalue weighted by molar-refractivity contribution is 7.16. The predicted octanol–water partition coefficient (Wildman–Crippen LogP) is 1.92. The molecule has 92 valence electrons. The summed E-state index contributed by atoms with van der Waals surface area (Å²) in [6.45, 7) is 3.89. The van der Waals surface area contributed by atoms with Crippen LogP contribution < -0.4 is 10.6 Å². The van der Waals surface area contributed by atoms with Crippen molar-refractivity contribution in [3.63, 3.8) is 0 Å². The van der Waals surface area contributed by atoms with Gasteiger partial charge in [0.25, 0.3) is 0 Å². The second kappa shape index (κ2) is 4.46. The minimum absolute atomic E-state index is 0.0392. The summed E-state index contributed by atoms with van der Waals surface area (Å²) in [4.78, 5) is 9.68. The van der Waals surface area contributed by atoms with Crippen molar-refractivity contribution < 1.29 is 5.11 Å². The Hall–Kier alpha value is -1.40. The predicted molar refractivity (Wildman–Crippen MR) is 71.7 cm³/mol. The number of nitrogens with zero attached hydrogens (tertiary/aromatic N) is 2. The van der Waals surface area contributed by atoms with Gasteiger partial charge >= 0.3 is 0 Å². The Kier molecular flexibility index (Phi) is 3.17. The maximum atomic E-state index is 9.29. The van der Waals surface area contributed by atoms with E-state index in [-0.39, 0.29) is 6.61 Å². The Morgan fingerprint density at radius 2 is 2.18 bits per heavy atom. The lowest BCUT2D eigenvalue weighted by Gasteiger charge is -2.24. The van der Waals surface area contributed by atoms with Crippen molar-refractivity contribution >= 4 is 33.3 Å². The van der Waals surface area contributed by atoms with Crippen LogP contribution in [0.1, 0.15) is 13.8 Å². The number of aliphatic hydroxyl groups excluding tert-OH is 1. The fourth-order valence-corrected chi connectivity index (χ4v) is 2.19. The first-order valence-corrected chi connectivity index (χ1v) is 6.26. The van der Waals surface area contributed by atoms with Gasteiger partial charge in [-0.25, -0.2) is 4.98 Å². The zero-order chi connectivity index (χ0) is 12.5.